The number of aldehydes is 1. The van der Waals surface area contributed by atoms with Crippen LogP contribution in [0.4, 0.5) is 4.79 Å². The summed E-state index contributed by atoms with van der Waals surface area (Å²) in [5.74, 6) is -0.00750. The molecule has 1 amide bonds. The molecule has 13 heavy (non-hydrogen) atoms. The van der Waals surface area contributed by atoms with E-state index >= 15 is 0 Å². The summed E-state index contributed by atoms with van der Waals surface area (Å²) in [6.45, 7) is 0. The molecule has 0 atom stereocenters. The zero-order chi connectivity index (χ0) is 9.84. The molecule has 5 nitrogen and oxygen atoms in total. The van der Waals surface area contributed by atoms with Crippen molar-refractivity contribution in [2.24, 2.45) is 5.73 Å². The average Bonchev–Trinajstić information content (AvgIpc) is 2.07. The van der Waals surface area contributed by atoms with E-state index in [9.17, 15) is 9.59 Å². The molecule has 0 aliphatic carbocycles. The highest BCUT2D eigenvalue weighted by Gasteiger charge is 2.07. The Kier molecular flexibility index (Phi) is 2.81. The van der Waals surface area contributed by atoms with Crippen molar-refractivity contribution in [3.8, 4) is 5.75 Å². The minimum absolute atomic E-state index is 0.00750. The maximum absolute atomic E-state index is 10.4. The predicted octanol–water partition coefficient (Wildman–Crippen LogP) is 1.01. The van der Waals surface area contributed by atoms with Crippen molar-refractivity contribution in [3.63, 3.8) is 0 Å². The molecule has 0 radical (unpaired) electrons. The van der Waals surface area contributed by atoms with Gasteiger partial charge in [0.2, 0.25) is 0 Å². The maximum atomic E-state index is 10.4. The van der Waals surface area contributed by atoms with Crippen LogP contribution in [0.2, 0.25) is 5.15 Å². The Balaban J connectivity index is 3.05. The van der Waals surface area contributed by atoms with Gasteiger partial charge < -0.3 is 10.5 Å². The third-order valence-corrected chi connectivity index (χ3v) is 1.38. The van der Waals surface area contributed by atoms with Crippen molar-refractivity contribution in [1.29, 1.82) is 0 Å². The summed E-state index contributed by atoms with van der Waals surface area (Å²) in [5, 5.41) is 0.138. The van der Waals surface area contributed by atoms with Crippen LogP contribution in [0.25, 0.3) is 0 Å². The fraction of sp³-hybridized carbons (Fsp3) is 0. The van der Waals surface area contributed by atoms with Gasteiger partial charge in [-0.05, 0) is 12.1 Å². The van der Waals surface area contributed by atoms with Crippen LogP contribution in [0, 0.1) is 0 Å². The van der Waals surface area contributed by atoms with Crippen LogP contribution in [0.3, 0.4) is 0 Å². The molecular formula is C7H5ClN2O3. The maximum Gasteiger partial charge on any atom is 0.410 e. The second-order valence-electron chi connectivity index (χ2n) is 2.06. The highest BCUT2D eigenvalue weighted by atomic mass is 35.5. The zero-order valence-electron chi connectivity index (χ0n) is 6.36. The van der Waals surface area contributed by atoms with E-state index in [1.807, 2.05) is 0 Å². The largest absolute Gasteiger partial charge is 0.410 e. The molecule has 1 rings (SSSR count). The van der Waals surface area contributed by atoms with Gasteiger partial charge in [0.1, 0.15) is 10.8 Å². The molecule has 0 saturated carbocycles. The summed E-state index contributed by atoms with van der Waals surface area (Å²) >= 11 is 5.49. The number of carbonyl (C=O) groups excluding carboxylic acids is 2. The topological polar surface area (TPSA) is 82.3 Å². The van der Waals surface area contributed by atoms with E-state index in [0.717, 1.165) is 0 Å². The van der Waals surface area contributed by atoms with E-state index in [4.69, 9.17) is 17.3 Å². The Morgan fingerprint density at radius 3 is 2.85 bits per heavy atom. The number of aromatic nitrogens is 1. The lowest BCUT2D eigenvalue weighted by molar-refractivity contribution is 0.111. The second-order valence-corrected chi connectivity index (χ2v) is 2.44. The zero-order valence-corrected chi connectivity index (χ0v) is 7.12. The number of halogens is 1. The van der Waals surface area contributed by atoms with Crippen molar-refractivity contribution in [2.45, 2.75) is 0 Å². The summed E-state index contributed by atoms with van der Waals surface area (Å²) in [6.07, 6.45) is -0.586. The van der Waals surface area contributed by atoms with Crippen LogP contribution in [0.15, 0.2) is 12.1 Å². The Morgan fingerprint density at radius 2 is 2.31 bits per heavy atom. The lowest BCUT2D eigenvalue weighted by Crippen LogP contribution is -2.17. The van der Waals surface area contributed by atoms with Gasteiger partial charge in [0.15, 0.2) is 12.0 Å². The first-order valence-corrected chi connectivity index (χ1v) is 3.60. The molecule has 1 aromatic heterocycles. The van der Waals surface area contributed by atoms with Gasteiger partial charge in [-0.25, -0.2) is 9.78 Å². The number of pyridine rings is 1. The molecule has 0 aromatic carbocycles. The van der Waals surface area contributed by atoms with Gasteiger partial charge in [0, 0.05) is 0 Å². The predicted molar refractivity (Wildman–Crippen MR) is 44.8 cm³/mol. The van der Waals surface area contributed by atoms with Crippen LogP contribution >= 0.6 is 11.6 Å². The molecule has 2 N–H and O–H groups in total. The SMILES string of the molecule is NC(=O)Oc1ccc(Cl)nc1C=O. The van der Waals surface area contributed by atoms with Crippen molar-refractivity contribution in [2.75, 3.05) is 0 Å². The molecule has 68 valence electrons. The van der Waals surface area contributed by atoms with E-state index in [2.05, 4.69) is 9.72 Å². The van der Waals surface area contributed by atoms with Crippen LogP contribution in [0.1, 0.15) is 10.5 Å². The van der Waals surface area contributed by atoms with E-state index < -0.39 is 6.09 Å². The van der Waals surface area contributed by atoms with E-state index in [-0.39, 0.29) is 16.6 Å². The molecule has 0 spiro atoms. The van der Waals surface area contributed by atoms with Crippen LogP contribution in [-0.4, -0.2) is 17.4 Å². The lowest BCUT2D eigenvalue weighted by Gasteiger charge is -2.02. The van der Waals surface area contributed by atoms with Crippen molar-refractivity contribution >= 4 is 24.0 Å². The van der Waals surface area contributed by atoms with Gasteiger partial charge >= 0.3 is 6.09 Å². The van der Waals surface area contributed by atoms with Crippen LogP contribution in [-0.2, 0) is 0 Å². The minimum Gasteiger partial charge on any atom is -0.408 e. The monoisotopic (exact) mass is 200 g/mol. The highest BCUT2D eigenvalue weighted by Crippen LogP contribution is 2.17. The first-order valence-electron chi connectivity index (χ1n) is 3.22. The fourth-order valence-electron chi connectivity index (χ4n) is 0.716. The summed E-state index contributed by atoms with van der Waals surface area (Å²) in [4.78, 5) is 24.4. The number of hydrogen-bond donors (Lipinski definition) is 1. The van der Waals surface area contributed by atoms with E-state index in [1.165, 1.54) is 12.1 Å². The number of nitrogens with two attached hydrogens (primary N) is 1. The standard InChI is InChI=1S/C7H5ClN2O3/c8-6-2-1-5(13-7(9)12)4(3-11)10-6/h1-3H,(H2,9,12). The molecule has 1 heterocycles. The first-order chi connectivity index (χ1) is 6.13. The van der Waals surface area contributed by atoms with Crippen molar-refractivity contribution in [3.05, 3.63) is 23.0 Å². The van der Waals surface area contributed by atoms with Gasteiger partial charge in [0.05, 0.1) is 0 Å². The summed E-state index contributed by atoms with van der Waals surface area (Å²) in [7, 11) is 0. The van der Waals surface area contributed by atoms with Gasteiger partial charge in [-0.15, -0.1) is 0 Å². The summed E-state index contributed by atoms with van der Waals surface area (Å²) in [5.41, 5.74) is 4.68. The Hall–Kier alpha value is -1.62. The van der Waals surface area contributed by atoms with Crippen molar-refractivity contribution < 1.29 is 14.3 Å². The highest BCUT2D eigenvalue weighted by molar-refractivity contribution is 6.29. The number of rotatable bonds is 2. The van der Waals surface area contributed by atoms with E-state index in [0.29, 0.717) is 6.29 Å². The normalized spacial score (nSPS) is 9.31. The average molecular weight is 201 g/mol. The molecule has 0 bridgehead atoms. The number of nitrogens with zero attached hydrogens (tertiary/aromatic N) is 1. The fourth-order valence-corrected chi connectivity index (χ4v) is 0.870. The Bertz CT molecular complexity index is 354. The quantitative estimate of drug-likeness (QED) is 0.570. The van der Waals surface area contributed by atoms with Crippen LogP contribution in [0.5, 0.6) is 5.75 Å². The third kappa shape index (κ3) is 2.41. The van der Waals surface area contributed by atoms with Gasteiger partial charge in [0.25, 0.3) is 0 Å². The van der Waals surface area contributed by atoms with Gasteiger partial charge in [-0.2, -0.15) is 0 Å². The molecule has 0 fully saturated rings. The Labute approximate surface area is 78.5 Å². The first kappa shape index (κ1) is 9.47. The number of carbonyl (C=O) groups is 2. The molecular weight excluding hydrogens is 196 g/mol. The lowest BCUT2D eigenvalue weighted by atomic mass is 10.3. The summed E-state index contributed by atoms with van der Waals surface area (Å²) in [6, 6.07) is 2.72. The molecule has 6 heteroatoms. The number of primary amides is 1. The number of ether oxygens (including phenoxy) is 1. The van der Waals surface area contributed by atoms with Crippen molar-refractivity contribution in [1.82, 2.24) is 4.98 Å². The number of amides is 1. The van der Waals surface area contributed by atoms with Gasteiger partial charge in [-0.3, -0.25) is 4.79 Å². The molecule has 0 aliphatic heterocycles. The minimum atomic E-state index is -1.01. The Morgan fingerprint density at radius 1 is 1.62 bits per heavy atom. The third-order valence-electron chi connectivity index (χ3n) is 1.17. The molecule has 0 saturated heterocycles. The molecule has 0 aliphatic rings. The van der Waals surface area contributed by atoms with E-state index in [1.54, 1.807) is 0 Å². The molecule has 1 aromatic rings. The second kappa shape index (κ2) is 3.86. The molecule has 0 unspecified atom stereocenters. The van der Waals surface area contributed by atoms with Gasteiger partial charge in [-0.1, -0.05) is 11.6 Å². The summed E-state index contributed by atoms with van der Waals surface area (Å²) < 4.78 is 4.48. The number of hydrogen-bond acceptors (Lipinski definition) is 4. The van der Waals surface area contributed by atoms with Crippen LogP contribution < -0.4 is 10.5 Å². The smallest absolute Gasteiger partial charge is 0.408 e.